The van der Waals surface area contributed by atoms with Gasteiger partial charge in [-0.2, -0.15) is 5.26 Å². The van der Waals surface area contributed by atoms with Crippen molar-refractivity contribution in [3.8, 4) is 39.4 Å². The molecule has 0 atom stereocenters. The molecule has 290 valence electrons. The average molecular weight is 860 g/mol. The maximum absolute atomic E-state index is 15.2. The first-order valence-electron chi connectivity index (χ1n) is 17.1. The summed E-state index contributed by atoms with van der Waals surface area (Å²) in [5.41, 5.74) is -0.681. The molecular weight excluding hydrogens is 835 g/mol. The third-order valence-electron chi connectivity index (χ3n) is 9.05. The number of thioether (sulfide) groups is 1. The van der Waals surface area contributed by atoms with Gasteiger partial charge in [-0.1, -0.05) is 89.9 Å². The summed E-state index contributed by atoms with van der Waals surface area (Å²) in [5.74, 6) is -16.7. The van der Waals surface area contributed by atoms with Crippen LogP contribution in [-0.4, -0.2) is 6.26 Å². The monoisotopic (exact) mass is 859 g/mol. The van der Waals surface area contributed by atoms with Crippen molar-refractivity contribution in [1.82, 2.24) is 0 Å². The van der Waals surface area contributed by atoms with Gasteiger partial charge in [0.25, 0.3) is 0 Å². The first-order valence-corrected chi connectivity index (χ1v) is 20.8. The zero-order valence-corrected chi connectivity index (χ0v) is 33.3. The van der Waals surface area contributed by atoms with E-state index in [9.17, 15) is 22.8 Å². The van der Waals surface area contributed by atoms with Crippen LogP contribution in [0, 0.1) is 64.8 Å². The van der Waals surface area contributed by atoms with E-state index in [0.717, 1.165) is 36.3 Å². The number of nitrogens with zero attached hydrogens (tertiary/aromatic N) is 1. The highest BCUT2D eigenvalue weighted by atomic mass is 32.2. The van der Waals surface area contributed by atoms with E-state index in [4.69, 9.17) is 0 Å². The summed E-state index contributed by atoms with van der Waals surface area (Å²) in [5, 5.41) is 10.2. The van der Waals surface area contributed by atoms with Gasteiger partial charge < -0.3 is 0 Å². The lowest BCUT2D eigenvalue weighted by Gasteiger charge is -2.15. The SMILES string of the molecule is CSc1ccc(-c2ccc(Sc3cccc(Sc4ccc(-c5ccc(Sc6c(F)c(F)c(-c7c(F)c(F)c(C)c(F)c7F)c(F)c6F)cc5)cc4)c3C#N)cc2)cc1. The van der Waals surface area contributed by atoms with Gasteiger partial charge in [0.1, 0.15) is 6.07 Å². The topological polar surface area (TPSA) is 23.8 Å². The summed E-state index contributed by atoms with van der Waals surface area (Å²) < 4.78 is 118. The largest absolute Gasteiger partial charge is 0.203 e. The Bertz CT molecular complexity index is 2660. The molecule has 0 bridgehead atoms. The summed E-state index contributed by atoms with van der Waals surface area (Å²) in [4.78, 5) is 3.64. The Morgan fingerprint density at radius 3 is 1.09 bits per heavy atom. The Hall–Kier alpha value is -5.13. The summed E-state index contributed by atoms with van der Waals surface area (Å²) in [6.07, 6.45) is 2.04. The highest BCUT2D eigenvalue weighted by Gasteiger charge is 2.33. The van der Waals surface area contributed by atoms with Crippen molar-refractivity contribution in [2.45, 2.75) is 41.2 Å². The highest BCUT2D eigenvalue weighted by molar-refractivity contribution is 8.00. The lowest BCUT2D eigenvalue weighted by molar-refractivity contribution is 0.421. The number of rotatable bonds is 10. The molecule has 7 aromatic carbocycles. The van der Waals surface area contributed by atoms with Crippen LogP contribution in [0.2, 0.25) is 0 Å². The summed E-state index contributed by atoms with van der Waals surface area (Å²) in [7, 11) is 0. The zero-order chi connectivity index (χ0) is 41.2. The van der Waals surface area contributed by atoms with Gasteiger partial charge in [0, 0.05) is 34.9 Å². The summed E-state index contributed by atoms with van der Waals surface area (Å²) in [6.45, 7) is 0.689. The molecule has 0 aliphatic rings. The second kappa shape index (κ2) is 17.4. The Labute approximate surface area is 345 Å². The smallest absolute Gasteiger partial charge is 0.176 e. The van der Waals surface area contributed by atoms with E-state index in [1.165, 1.54) is 40.6 Å². The second-order valence-corrected chi connectivity index (χ2v) is 16.8. The first kappa shape index (κ1) is 41.0. The average Bonchev–Trinajstić information content (AvgIpc) is 3.25. The molecule has 0 fully saturated rings. The third kappa shape index (κ3) is 8.11. The third-order valence-corrected chi connectivity index (χ3v) is 13.0. The molecule has 0 spiro atoms. The molecule has 7 aromatic rings. The van der Waals surface area contributed by atoms with Crippen molar-refractivity contribution in [3.05, 3.63) is 173 Å². The highest BCUT2D eigenvalue weighted by Crippen LogP contribution is 2.43. The normalized spacial score (nSPS) is 11.2. The van der Waals surface area contributed by atoms with Gasteiger partial charge in [-0.15, -0.1) is 11.8 Å². The summed E-state index contributed by atoms with van der Waals surface area (Å²) in [6, 6.07) is 38.2. The number of hydrogen-bond donors (Lipinski definition) is 0. The molecule has 0 amide bonds. The Morgan fingerprint density at radius 1 is 0.414 bits per heavy atom. The van der Waals surface area contributed by atoms with Crippen molar-refractivity contribution >= 4 is 47.0 Å². The van der Waals surface area contributed by atoms with Crippen LogP contribution in [-0.2, 0) is 0 Å². The van der Waals surface area contributed by atoms with Crippen LogP contribution in [0.25, 0.3) is 33.4 Å². The maximum Gasteiger partial charge on any atom is 0.176 e. The summed E-state index contributed by atoms with van der Waals surface area (Å²) >= 11 is 4.93. The van der Waals surface area contributed by atoms with E-state index in [1.807, 2.05) is 60.9 Å². The van der Waals surface area contributed by atoms with Crippen molar-refractivity contribution in [3.63, 3.8) is 0 Å². The van der Waals surface area contributed by atoms with Gasteiger partial charge in [-0.25, -0.2) is 35.1 Å². The molecule has 0 aromatic heterocycles. The van der Waals surface area contributed by atoms with Gasteiger partial charge >= 0.3 is 0 Å². The Morgan fingerprint density at radius 2 is 0.741 bits per heavy atom. The molecular formula is C45H25F8NS4. The molecule has 0 heterocycles. The van der Waals surface area contributed by atoms with E-state index < -0.39 is 68.1 Å². The molecule has 0 aliphatic heterocycles. The minimum atomic E-state index is -2.22. The Balaban J connectivity index is 1.05. The zero-order valence-electron chi connectivity index (χ0n) is 30.1. The van der Waals surface area contributed by atoms with Crippen LogP contribution >= 0.6 is 47.0 Å². The van der Waals surface area contributed by atoms with Crippen LogP contribution < -0.4 is 0 Å². The van der Waals surface area contributed by atoms with Crippen molar-refractivity contribution in [2.24, 2.45) is 0 Å². The molecule has 1 nitrogen and oxygen atoms in total. The fourth-order valence-electron chi connectivity index (χ4n) is 5.97. The Kier molecular flexibility index (Phi) is 12.3. The molecule has 0 radical (unpaired) electrons. The van der Waals surface area contributed by atoms with Crippen LogP contribution in [0.4, 0.5) is 35.1 Å². The van der Waals surface area contributed by atoms with Crippen LogP contribution in [0.3, 0.4) is 0 Å². The molecule has 0 saturated heterocycles. The van der Waals surface area contributed by atoms with Crippen molar-refractivity contribution < 1.29 is 35.1 Å². The van der Waals surface area contributed by atoms with E-state index >= 15 is 17.6 Å². The number of benzene rings is 7. The van der Waals surface area contributed by atoms with E-state index in [2.05, 4.69) is 42.5 Å². The van der Waals surface area contributed by atoms with Crippen molar-refractivity contribution in [2.75, 3.05) is 6.26 Å². The van der Waals surface area contributed by atoms with Gasteiger partial charge in [-0.3, -0.25) is 0 Å². The number of halogens is 8. The van der Waals surface area contributed by atoms with Crippen LogP contribution in [0.15, 0.2) is 150 Å². The minimum Gasteiger partial charge on any atom is -0.203 e. The second-order valence-electron chi connectivity index (χ2n) is 12.6. The van der Waals surface area contributed by atoms with Gasteiger partial charge in [0.05, 0.1) is 21.6 Å². The minimum absolute atomic E-state index is 0.156. The lowest BCUT2D eigenvalue weighted by atomic mass is 9.99. The molecule has 0 aliphatic carbocycles. The molecule has 0 N–H and O–H groups in total. The van der Waals surface area contributed by atoms with E-state index in [0.29, 0.717) is 29.8 Å². The molecule has 0 saturated carbocycles. The van der Waals surface area contributed by atoms with Crippen LogP contribution in [0.5, 0.6) is 0 Å². The molecule has 7 rings (SSSR count). The lowest BCUT2D eigenvalue weighted by Crippen LogP contribution is -2.09. The number of hydrogen-bond acceptors (Lipinski definition) is 5. The van der Waals surface area contributed by atoms with Gasteiger partial charge in [-0.05, 0) is 96.1 Å². The van der Waals surface area contributed by atoms with Crippen molar-refractivity contribution in [1.29, 1.82) is 5.26 Å². The van der Waals surface area contributed by atoms with E-state index in [1.54, 1.807) is 23.9 Å². The molecule has 13 heteroatoms. The molecule has 58 heavy (non-hydrogen) atoms. The fourth-order valence-corrected chi connectivity index (χ4v) is 9.17. The van der Waals surface area contributed by atoms with Crippen LogP contribution in [0.1, 0.15) is 11.1 Å². The predicted octanol–water partition coefficient (Wildman–Crippen LogP) is 15.2. The van der Waals surface area contributed by atoms with E-state index in [-0.39, 0.29) is 4.90 Å². The fraction of sp³-hybridized carbons (Fsp3) is 0.0444. The number of nitriles is 1. The van der Waals surface area contributed by atoms with Gasteiger partial charge in [0.15, 0.2) is 46.5 Å². The molecule has 0 unspecified atom stereocenters. The quantitative estimate of drug-likeness (QED) is 0.0775. The predicted molar refractivity (Wildman–Crippen MR) is 215 cm³/mol. The standard InChI is InChI=1S/C45H25F8NS4/c1-23-37(46)39(48)35(40(49)38(23)47)36-41(50)43(52)45(44(53)42(36)51)58-31-20-12-27(13-21-31)26-10-18-30(19-11-26)57-34-5-3-4-33(32(34)22-54)56-29-16-8-25(9-17-29)24-6-14-28(55-2)15-7-24/h3-21H,1-2H3. The first-order chi connectivity index (χ1) is 27.9. The van der Waals surface area contributed by atoms with Gasteiger partial charge in [0.2, 0.25) is 0 Å². The maximum atomic E-state index is 15.2.